The zero-order valence-corrected chi connectivity index (χ0v) is 22.1. The van der Waals surface area contributed by atoms with E-state index in [0.717, 1.165) is 12.2 Å². The first-order valence-corrected chi connectivity index (χ1v) is 13.9. The van der Waals surface area contributed by atoms with Crippen molar-refractivity contribution in [1.29, 1.82) is 0 Å². The van der Waals surface area contributed by atoms with E-state index >= 15 is 0 Å². The number of hydrogen-bond acceptors (Lipinski definition) is 2. The predicted octanol–water partition coefficient (Wildman–Crippen LogP) is 9.71. The summed E-state index contributed by atoms with van der Waals surface area (Å²) in [4.78, 5) is 2.52. The van der Waals surface area contributed by atoms with Crippen molar-refractivity contribution in [1.82, 2.24) is 0 Å². The molecule has 190 valence electrons. The molecule has 1 unspecified atom stereocenters. The maximum Gasteiger partial charge on any atom is 0.0768 e. The van der Waals surface area contributed by atoms with Gasteiger partial charge in [0.05, 0.1) is 6.04 Å². The lowest BCUT2D eigenvalue weighted by Crippen LogP contribution is -2.23. The molecular formula is C38H28N2. The first-order valence-electron chi connectivity index (χ1n) is 13.9. The highest BCUT2D eigenvalue weighted by atomic mass is 15.1. The van der Waals surface area contributed by atoms with Gasteiger partial charge in [0, 0.05) is 29.2 Å². The lowest BCUT2D eigenvalue weighted by Gasteiger charge is -2.32. The zero-order valence-electron chi connectivity index (χ0n) is 22.1. The fourth-order valence-electron chi connectivity index (χ4n) is 6.44. The minimum Gasteiger partial charge on any atom is -0.374 e. The summed E-state index contributed by atoms with van der Waals surface area (Å²) >= 11 is 0. The molecule has 1 N–H and O–H groups in total. The first-order chi connectivity index (χ1) is 19.8. The Balaban J connectivity index is 1.37. The van der Waals surface area contributed by atoms with Gasteiger partial charge in [0.15, 0.2) is 0 Å². The van der Waals surface area contributed by atoms with Crippen molar-refractivity contribution in [2.45, 2.75) is 6.04 Å². The van der Waals surface area contributed by atoms with Gasteiger partial charge in [-0.3, -0.25) is 0 Å². The smallest absolute Gasteiger partial charge is 0.0768 e. The maximum atomic E-state index is 3.82. The Labute approximate surface area is 234 Å². The van der Waals surface area contributed by atoms with Crippen molar-refractivity contribution >= 4 is 39.5 Å². The van der Waals surface area contributed by atoms with Crippen LogP contribution < -0.4 is 10.2 Å². The van der Waals surface area contributed by atoms with Crippen LogP contribution in [-0.4, -0.2) is 6.54 Å². The maximum absolute atomic E-state index is 3.82. The normalized spacial score (nSPS) is 13.9. The van der Waals surface area contributed by atoms with Gasteiger partial charge in [-0.1, -0.05) is 115 Å². The van der Waals surface area contributed by atoms with Gasteiger partial charge in [-0.2, -0.15) is 0 Å². The second-order valence-corrected chi connectivity index (χ2v) is 10.7. The minimum absolute atomic E-state index is 0.0169. The molecule has 0 aromatic heterocycles. The molecule has 2 bridgehead atoms. The summed E-state index contributed by atoms with van der Waals surface area (Å²) in [5.74, 6) is 0. The number of anilines is 3. The fraction of sp³-hybridized carbons (Fsp3) is 0.0526. The van der Waals surface area contributed by atoms with Crippen molar-refractivity contribution in [3.05, 3.63) is 162 Å². The molecule has 1 atom stereocenters. The predicted molar refractivity (Wildman–Crippen MR) is 169 cm³/mol. The Morgan fingerprint density at radius 3 is 2.17 bits per heavy atom. The molecule has 0 amide bonds. The van der Waals surface area contributed by atoms with E-state index in [0.29, 0.717) is 0 Å². The molecule has 6 aromatic rings. The molecule has 0 spiro atoms. The third-order valence-electron chi connectivity index (χ3n) is 8.29. The SMILES string of the molecule is C1=C2CN(c3ccccc31)c1cc(C(Nc3ccccc3)c3ccccc3)ccc1-c1ccc3ccccc3c12. The van der Waals surface area contributed by atoms with Gasteiger partial charge in [0.1, 0.15) is 0 Å². The van der Waals surface area contributed by atoms with Crippen LogP contribution in [0.2, 0.25) is 0 Å². The molecule has 2 aliphatic rings. The second-order valence-electron chi connectivity index (χ2n) is 10.7. The number of rotatable bonds is 4. The highest BCUT2D eigenvalue weighted by Gasteiger charge is 2.30. The summed E-state index contributed by atoms with van der Waals surface area (Å²) in [5.41, 5.74) is 12.7. The molecule has 2 aliphatic heterocycles. The van der Waals surface area contributed by atoms with E-state index in [1.807, 2.05) is 0 Å². The van der Waals surface area contributed by atoms with Crippen molar-refractivity contribution in [2.24, 2.45) is 0 Å². The van der Waals surface area contributed by atoms with Crippen LogP contribution in [0.5, 0.6) is 0 Å². The highest BCUT2D eigenvalue weighted by Crippen LogP contribution is 2.50. The van der Waals surface area contributed by atoms with E-state index in [-0.39, 0.29) is 6.04 Å². The number of fused-ring (bicyclic) bond motifs is 11. The Hall–Kier alpha value is -5.08. The third-order valence-corrected chi connectivity index (χ3v) is 8.29. The van der Waals surface area contributed by atoms with Crippen LogP contribution in [0.1, 0.15) is 28.3 Å². The van der Waals surface area contributed by atoms with Gasteiger partial charge < -0.3 is 10.2 Å². The number of nitrogens with one attached hydrogen (secondary N) is 1. The van der Waals surface area contributed by atoms with Crippen molar-refractivity contribution < 1.29 is 0 Å². The molecule has 6 aromatic carbocycles. The van der Waals surface area contributed by atoms with Gasteiger partial charge in [-0.25, -0.2) is 0 Å². The van der Waals surface area contributed by atoms with E-state index in [4.69, 9.17) is 0 Å². The van der Waals surface area contributed by atoms with E-state index in [2.05, 4.69) is 156 Å². The van der Waals surface area contributed by atoms with E-state index < -0.39 is 0 Å². The highest BCUT2D eigenvalue weighted by molar-refractivity contribution is 6.10. The van der Waals surface area contributed by atoms with Gasteiger partial charge in [-0.15, -0.1) is 0 Å². The second kappa shape index (κ2) is 9.29. The van der Waals surface area contributed by atoms with Crippen LogP contribution in [0.4, 0.5) is 17.1 Å². The third kappa shape index (κ3) is 3.72. The van der Waals surface area contributed by atoms with Crippen LogP contribution in [0.25, 0.3) is 33.5 Å². The Kier molecular flexibility index (Phi) is 5.31. The largest absolute Gasteiger partial charge is 0.374 e. The van der Waals surface area contributed by atoms with E-state index in [1.165, 1.54) is 61.1 Å². The van der Waals surface area contributed by atoms with Crippen LogP contribution in [-0.2, 0) is 0 Å². The molecule has 2 nitrogen and oxygen atoms in total. The standard InChI is InChI=1S/C38H28N2/c1-3-12-27(13-4-1)38(39-31-15-5-2-6-16-31)29-20-21-33-34-22-19-26-11-7-9-17-32(26)37(34)30-23-28-14-8-10-18-35(28)40(25-30)36(33)24-29/h1-24,38-39H,25H2. The summed E-state index contributed by atoms with van der Waals surface area (Å²) in [7, 11) is 0. The molecule has 8 rings (SSSR count). The van der Waals surface area contributed by atoms with Crippen LogP contribution in [0, 0.1) is 0 Å². The van der Waals surface area contributed by atoms with Crippen LogP contribution >= 0.6 is 0 Å². The average Bonchev–Trinajstić information content (AvgIpc) is 3.13. The lowest BCUT2D eigenvalue weighted by atomic mass is 9.88. The number of benzene rings is 6. The average molecular weight is 513 g/mol. The number of nitrogens with zero attached hydrogens (tertiary/aromatic N) is 1. The summed E-state index contributed by atoms with van der Waals surface area (Å²) < 4.78 is 0. The summed E-state index contributed by atoms with van der Waals surface area (Å²) in [6, 6.07) is 50.5. The molecule has 0 fully saturated rings. The quantitative estimate of drug-likeness (QED) is 0.253. The van der Waals surface area contributed by atoms with Gasteiger partial charge in [0.2, 0.25) is 0 Å². The zero-order chi connectivity index (χ0) is 26.5. The molecule has 40 heavy (non-hydrogen) atoms. The number of para-hydroxylation sites is 2. The number of hydrogen-bond donors (Lipinski definition) is 1. The summed E-state index contributed by atoms with van der Waals surface area (Å²) in [5, 5.41) is 6.42. The Morgan fingerprint density at radius 2 is 1.30 bits per heavy atom. The van der Waals surface area contributed by atoms with Crippen molar-refractivity contribution in [3.63, 3.8) is 0 Å². The van der Waals surface area contributed by atoms with E-state index in [1.54, 1.807) is 0 Å². The molecule has 2 heterocycles. The van der Waals surface area contributed by atoms with Crippen molar-refractivity contribution in [3.8, 4) is 11.1 Å². The van der Waals surface area contributed by atoms with Crippen molar-refractivity contribution in [2.75, 3.05) is 16.8 Å². The molecule has 0 saturated carbocycles. The molecule has 0 aliphatic carbocycles. The topological polar surface area (TPSA) is 15.3 Å². The molecular weight excluding hydrogens is 484 g/mol. The van der Waals surface area contributed by atoms with Gasteiger partial charge in [-0.05, 0) is 74.5 Å². The van der Waals surface area contributed by atoms with Crippen LogP contribution in [0.15, 0.2) is 140 Å². The monoisotopic (exact) mass is 512 g/mol. The fourth-order valence-corrected chi connectivity index (χ4v) is 6.44. The lowest BCUT2D eigenvalue weighted by molar-refractivity contribution is 0.937. The van der Waals surface area contributed by atoms with Crippen LogP contribution in [0.3, 0.4) is 0 Å². The molecule has 0 radical (unpaired) electrons. The molecule has 2 heteroatoms. The Bertz CT molecular complexity index is 1900. The Morgan fingerprint density at radius 1 is 0.575 bits per heavy atom. The van der Waals surface area contributed by atoms with Gasteiger partial charge >= 0.3 is 0 Å². The minimum atomic E-state index is 0.0169. The molecule has 0 saturated heterocycles. The summed E-state index contributed by atoms with van der Waals surface area (Å²) in [6.45, 7) is 0.844. The van der Waals surface area contributed by atoms with E-state index in [9.17, 15) is 0 Å². The first kappa shape index (κ1) is 22.9. The van der Waals surface area contributed by atoms with Gasteiger partial charge in [0.25, 0.3) is 0 Å². The summed E-state index contributed by atoms with van der Waals surface area (Å²) in [6.07, 6.45) is 2.40.